The van der Waals surface area contributed by atoms with Gasteiger partial charge < -0.3 is 10.4 Å². The number of nitrogens with one attached hydrogen (secondary N) is 1. The van der Waals surface area contributed by atoms with Gasteiger partial charge in [0.25, 0.3) is 0 Å². The van der Waals surface area contributed by atoms with Crippen molar-refractivity contribution in [3.05, 3.63) is 39.1 Å². The Morgan fingerprint density at radius 3 is 2.58 bits per heavy atom. The van der Waals surface area contributed by atoms with E-state index in [1.54, 1.807) is 6.07 Å². The summed E-state index contributed by atoms with van der Waals surface area (Å²) in [6, 6.07) is 4.33. The van der Waals surface area contributed by atoms with E-state index in [0.29, 0.717) is 16.3 Å². The molecule has 0 radical (unpaired) electrons. The van der Waals surface area contributed by atoms with Gasteiger partial charge in [-0.1, -0.05) is 46.6 Å². The van der Waals surface area contributed by atoms with Gasteiger partial charge in [0.15, 0.2) is 5.75 Å². The molecule has 2 aromatic rings. The van der Waals surface area contributed by atoms with Crippen molar-refractivity contribution in [3.8, 4) is 5.75 Å². The molecule has 2 aromatic carbocycles. The third kappa shape index (κ3) is 2.03. The molecule has 7 heteroatoms. The van der Waals surface area contributed by atoms with Crippen LogP contribution in [-0.2, 0) is 0 Å². The fourth-order valence-corrected chi connectivity index (χ4v) is 3.61. The molecule has 0 amide bonds. The molecule has 0 fully saturated rings. The van der Waals surface area contributed by atoms with Crippen molar-refractivity contribution >= 4 is 57.9 Å². The van der Waals surface area contributed by atoms with E-state index in [4.69, 9.17) is 34.8 Å². The average Bonchev–Trinajstić information content (AvgIpc) is 2.41. The number of aromatic hydroxyl groups is 1. The highest BCUT2D eigenvalue weighted by molar-refractivity contribution is 7.99. The van der Waals surface area contributed by atoms with E-state index in [9.17, 15) is 9.50 Å². The lowest BCUT2D eigenvalue weighted by molar-refractivity contribution is 0.474. The molecule has 0 aromatic heterocycles. The van der Waals surface area contributed by atoms with Crippen molar-refractivity contribution in [2.45, 2.75) is 9.79 Å². The molecule has 0 aliphatic carbocycles. The molecule has 0 saturated carbocycles. The Labute approximate surface area is 127 Å². The van der Waals surface area contributed by atoms with Gasteiger partial charge in [0.05, 0.1) is 21.3 Å². The zero-order chi connectivity index (χ0) is 13.7. The lowest BCUT2D eigenvalue weighted by atomic mass is 10.2. The normalized spacial score (nSPS) is 12.6. The standard InChI is InChI=1S/C12H5Cl3FNOS/c13-7-8(14)11(18)9(15)12-10(7)17-5-3-4(16)1-2-6(5)19-12/h1-3,17-18H. The first kappa shape index (κ1) is 13.2. The van der Waals surface area contributed by atoms with Crippen LogP contribution in [0.2, 0.25) is 15.1 Å². The maximum atomic E-state index is 13.2. The van der Waals surface area contributed by atoms with Gasteiger partial charge >= 0.3 is 0 Å². The Kier molecular flexibility index (Phi) is 3.21. The summed E-state index contributed by atoms with van der Waals surface area (Å²) in [6.45, 7) is 0. The Balaban J connectivity index is 2.23. The minimum Gasteiger partial charge on any atom is -0.505 e. The summed E-state index contributed by atoms with van der Waals surface area (Å²) in [5, 5.41) is 13.0. The number of fused-ring (bicyclic) bond motifs is 2. The highest BCUT2D eigenvalue weighted by atomic mass is 35.5. The topological polar surface area (TPSA) is 32.3 Å². The molecule has 3 rings (SSSR count). The van der Waals surface area contributed by atoms with E-state index < -0.39 is 0 Å². The summed E-state index contributed by atoms with van der Waals surface area (Å²) >= 11 is 19.3. The van der Waals surface area contributed by atoms with Crippen molar-refractivity contribution in [1.82, 2.24) is 0 Å². The average molecular weight is 337 g/mol. The van der Waals surface area contributed by atoms with Crippen molar-refractivity contribution in [3.63, 3.8) is 0 Å². The second-order valence-electron chi connectivity index (χ2n) is 3.86. The number of halogens is 4. The fourth-order valence-electron chi connectivity index (χ4n) is 1.77. The van der Waals surface area contributed by atoms with E-state index in [0.717, 1.165) is 4.90 Å². The number of rotatable bonds is 0. The number of hydrogen-bond donors (Lipinski definition) is 2. The van der Waals surface area contributed by atoms with Crippen LogP contribution < -0.4 is 5.32 Å². The summed E-state index contributed by atoms with van der Waals surface area (Å²) in [5.41, 5.74) is 1.05. The number of phenolic OH excluding ortho intramolecular Hbond substituents is 1. The maximum absolute atomic E-state index is 13.2. The number of phenols is 1. The highest BCUT2D eigenvalue weighted by Crippen LogP contribution is 2.55. The third-order valence-electron chi connectivity index (χ3n) is 2.67. The number of anilines is 2. The van der Waals surface area contributed by atoms with Crippen LogP contribution in [0.5, 0.6) is 5.75 Å². The minimum absolute atomic E-state index is 0.0293. The van der Waals surface area contributed by atoms with Crippen LogP contribution in [0.25, 0.3) is 0 Å². The van der Waals surface area contributed by atoms with E-state index in [2.05, 4.69) is 5.32 Å². The molecule has 0 saturated heterocycles. The molecule has 19 heavy (non-hydrogen) atoms. The SMILES string of the molecule is Oc1c(Cl)c(Cl)c2c(c1Cl)Sc1ccc(F)cc1N2. The lowest BCUT2D eigenvalue weighted by Gasteiger charge is -2.23. The van der Waals surface area contributed by atoms with E-state index in [-0.39, 0.29) is 26.6 Å². The molecule has 0 spiro atoms. The number of hydrogen-bond acceptors (Lipinski definition) is 3. The van der Waals surface area contributed by atoms with Crippen molar-refractivity contribution in [2.75, 3.05) is 5.32 Å². The first-order valence-electron chi connectivity index (χ1n) is 5.13. The monoisotopic (exact) mass is 335 g/mol. The second-order valence-corrected chi connectivity index (χ2v) is 6.05. The summed E-state index contributed by atoms with van der Waals surface area (Å²) in [6.07, 6.45) is 0. The molecule has 1 aliphatic heterocycles. The summed E-state index contributed by atoms with van der Waals surface area (Å²) in [5.74, 6) is -0.616. The zero-order valence-electron chi connectivity index (χ0n) is 9.10. The molecule has 2 N–H and O–H groups in total. The first-order chi connectivity index (χ1) is 8.99. The van der Waals surface area contributed by atoms with Crippen LogP contribution in [0.3, 0.4) is 0 Å². The molecule has 0 unspecified atom stereocenters. The van der Waals surface area contributed by atoms with E-state index in [1.165, 1.54) is 23.9 Å². The maximum Gasteiger partial charge on any atom is 0.155 e. The number of benzene rings is 2. The minimum atomic E-state index is -0.359. The molecule has 2 nitrogen and oxygen atoms in total. The Hall–Kier alpha value is -0.810. The predicted octanol–water partition coefficient (Wildman–Crippen LogP) is 5.70. The van der Waals surface area contributed by atoms with Gasteiger partial charge in [-0.05, 0) is 18.2 Å². The lowest BCUT2D eigenvalue weighted by Crippen LogP contribution is -2.02. The third-order valence-corrected chi connectivity index (χ3v) is 5.18. The fraction of sp³-hybridized carbons (Fsp3) is 0. The van der Waals surface area contributed by atoms with Crippen LogP contribution in [0, 0.1) is 5.82 Å². The smallest absolute Gasteiger partial charge is 0.155 e. The van der Waals surface area contributed by atoms with Crippen LogP contribution in [0.15, 0.2) is 28.0 Å². The molecule has 0 bridgehead atoms. The van der Waals surface area contributed by atoms with Crippen LogP contribution in [-0.4, -0.2) is 5.11 Å². The highest BCUT2D eigenvalue weighted by Gasteiger charge is 2.26. The van der Waals surface area contributed by atoms with Gasteiger partial charge in [-0.25, -0.2) is 4.39 Å². The van der Waals surface area contributed by atoms with Gasteiger partial charge in [-0.3, -0.25) is 0 Å². The van der Waals surface area contributed by atoms with E-state index >= 15 is 0 Å². The Morgan fingerprint density at radius 1 is 1.11 bits per heavy atom. The van der Waals surface area contributed by atoms with Crippen molar-refractivity contribution < 1.29 is 9.50 Å². The van der Waals surface area contributed by atoms with Gasteiger partial charge in [0, 0.05) is 4.90 Å². The second kappa shape index (κ2) is 4.63. The van der Waals surface area contributed by atoms with Gasteiger partial charge in [0.1, 0.15) is 15.9 Å². The molecule has 1 heterocycles. The van der Waals surface area contributed by atoms with Crippen LogP contribution in [0.1, 0.15) is 0 Å². The van der Waals surface area contributed by atoms with Crippen LogP contribution in [0.4, 0.5) is 15.8 Å². The summed E-state index contributed by atoms with van der Waals surface area (Å²) in [7, 11) is 0. The van der Waals surface area contributed by atoms with Gasteiger partial charge in [0.2, 0.25) is 0 Å². The predicted molar refractivity (Wildman–Crippen MR) is 76.9 cm³/mol. The Bertz CT molecular complexity index is 708. The molecule has 98 valence electrons. The largest absolute Gasteiger partial charge is 0.505 e. The van der Waals surface area contributed by atoms with Crippen LogP contribution >= 0.6 is 46.6 Å². The summed E-state index contributed by atoms with van der Waals surface area (Å²) in [4.78, 5) is 1.35. The van der Waals surface area contributed by atoms with Gasteiger partial charge in [-0.15, -0.1) is 0 Å². The van der Waals surface area contributed by atoms with Gasteiger partial charge in [-0.2, -0.15) is 0 Å². The molecule has 1 aliphatic rings. The quantitative estimate of drug-likeness (QED) is 0.408. The molecular weight excluding hydrogens is 332 g/mol. The first-order valence-corrected chi connectivity index (χ1v) is 7.08. The zero-order valence-corrected chi connectivity index (χ0v) is 12.2. The van der Waals surface area contributed by atoms with E-state index in [1.807, 2.05) is 0 Å². The molecule has 0 atom stereocenters. The van der Waals surface area contributed by atoms with Crippen molar-refractivity contribution in [1.29, 1.82) is 0 Å². The van der Waals surface area contributed by atoms with Crippen molar-refractivity contribution in [2.24, 2.45) is 0 Å². The molecular formula is C12H5Cl3FNOS. The summed E-state index contributed by atoms with van der Waals surface area (Å²) < 4.78 is 13.2. The Morgan fingerprint density at radius 2 is 1.84 bits per heavy atom.